The number of hydrogen-bond acceptors (Lipinski definition) is 3. The second-order valence-corrected chi connectivity index (χ2v) is 2.54. The average Bonchev–Trinajstić information content (AvgIpc) is 2.18. The summed E-state index contributed by atoms with van der Waals surface area (Å²) in [4.78, 5) is 4.15. The van der Waals surface area contributed by atoms with Crippen LogP contribution in [-0.2, 0) is 4.74 Å². The Morgan fingerprint density at radius 2 is 2.38 bits per heavy atom. The Bertz CT molecular complexity index is 279. The van der Waals surface area contributed by atoms with Gasteiger partial charge in [0.2, 0.25) is 0 Å². The highest BCUT2D eigenvalue weighted by Gasteiger charge is 1.98. The summed E-state index contributed by atoms with van der Waals surface area (Å²) in [5, 5.41) is 2.94. The SMILES string of the molecule is C=C(OCC)c1ccc(NC)nc1. The molecular weight excluding hydrogens is 164 g/mol. The topological polar surface area (TPSA) is 34.1 Å². The third kappa shape index (κ3) is 2.47. The number of nitrogens with zero attached hydrogens (tertiary/aromatic N) is 1. The van der Waals surface area contributed by atoms with E-state index >= 15 is 0 Å². The minimum atomic E-state index is 0.632. The maximum absolute atomic E-state index is 5.25. The van der Waals surface area contributed by atoms with Crippen LogP contribution in [0.3, 0.4) is 0 Å². The van der Waals surface area contributed by atoms with Gasteiger partial charge in [0.1, 0.15) is 11.6 Å². The van der Waals surface area contributed by atoms with Crippen LogP contribution in [0.4, 0.5) is 5.82 Å². The Hall–Kier alpha value is -1.51. The molecule has 0 unspecified atom stereocenters. The first-order valence-electron chi connectivity index (χ1n) is 4.23. The van der Waals surface area contributed by atoms with Gasteiger partial charge in [-0.2, -0.15) is 0 Å². The van der Waals surface area contributed by atoms with E-state index in [2.05, 4.69) is 16.9 Å². The van der Waals surface area contributed by atoms with Crippen LogP contribution in [0.15, 0.2) is 24.9 Å². The fourth-order valence-electron chi connectivity index (χ4n) is 0.964. The Labute approximate surface area is 78.4 Å². The van der Waals surface area contributed by atoms with Crippen molar-refractivity contribution in [1.82, 2.24) is 4.98 Å². The second-order valence-electron chi connectivity index (χ2n) is 2.54. The van der Waals surface area contributed by atoms with Crippen LogP contribution < -0.4 is 5.32 Å². The van der Waals surface area contributed by atoms with Crippen molar-refractivity contribution in [3.05, 3.63) is 30.5 Å². The quantitative estimate of drug-likeness (QED) is 0.717. The van der Waals surface area contributed by atoms with Gasteiger partial charge in [0.25, 0.3) is 0 Å². The molecule has 0 amide bonds. The number of aromatic nitrogens is 1. The number of rotatable bonds is 4. The average molecular weight is 178 g/mol. The monoisotopic (exact) mass is 178 g/mol. The summed E-state index contributed by atoms with van der Waals surface area (Å²) in [6, 6.07) is 3.82. The third-order valence-corrected chi connectivity index (χ3v) is 1.66. The Kier molecular flexibility index (Phi) is 3.31. The van der Waals surface area contributed by atoms with E-state index in [1.54, 1.807) is 6.20 Å². The van der Waals surface area contributed by atoms with Gasteiger partial charge >= 0.3 is 0 Å². The summed E-state index contributed by atoms with van der Waals surface area (Å²) in [5.74, 6) is 1.51. The van der Waals surface area contributed by atoms with Crippen LogP contribution in [0.1, 0.15) is 12.5 Å². The van der Waals surface area contributed by atoms with Gasteiger partial charge in [-0.3, -0.25) is 0 Å². The van der Waals surface area contributed by atoms with E-state index in [0.717, 1.165) is 11.4 Å². The first kappa shape index (κ1) is 9.58. The highest BCUT2D eigenvalue weighted by Crippen LogP contribution is 2.13. The Balaban J connectivity index is 2.74. The molecule has 0 aliphatic heterocycles. The Morgan fingerprint density at radius 1 is 1.62 bits per heavy atom. The smallest absolute Gasteiger partial charge is 0.125 e. The van der Waals surface area contributed by atoms with E-state index < -0.39 is 0 Å². The summed E-state index contributed by atoms with van der Waals surface area (Å²) in [6.07, 6.45) is 1.74. The lowest BCUT2D eigenvalue weighted by Crippen LogP contribution is -1.94. The summed E-state index contributed by atoms with van der Waals surface area (Å²) < 4.78 is 5.25. The molecule has 1 rings (SSSR count). The van der Waals surface area contributed by atoms with Gasteiger partial charge in [-0.15, -0.1) is 0 Å². The minimum Gasteiger partial charge on any atom is -0.494 e. The largest absolute Gasteiger partial charge is 0.494 e. The van der Waals surface area contributed by atoms with Crippen LogP contribution >= 0.6 is 0 Å². The van der Waals surface area contributed by atoms with Gasteiger partial charge < -0.3 is 10.1 Å². The number of anilines is 1. The molecule has 0 spiro atoms. The van der Waals surface area contributed by atoms with Gasteiger partial charge in [0.05, 0.1) is 6.61 Å². The first-order valence-corrected chi connectivity index (χ1v) is 4.23. The van der Waals surface area contributed by atoms with Crippen molar-refractivity contribution in [2.45, 2.75) is 6.92 Å². The summed E-state index contributed by atoms with van der Waals surface area (Å²) >= 11 is 0. The number of pyridine rings is 1. The molecule has 0 saturated heterocycles. The van der Waals surface area contributed by atoms with E-state index in [-0.39, 0.29) is 0 Å². The Morgan fingerprint density at radius 3 is 2.85 bits per heavy atom. The maximum atomic E-state index is 5.25. The molecule has 0 fully saturated rings. The molecule has 0 aromatic carbocycles. The lowest BCUT2D eigenvalue weighted by atomic mass is 10.2. The summed E-state index contributed by atoms with van der Waals surface area (Å²) in [6.45, 7) is 6.35. The molecule has 0 atom stereocenters. The van der Waals surface area contributed by atoms with Crippen LogP contribution in [0.25, 0.3) is 5.76 Å². The third-order valence-electron chi connectivity index (χ3n) is 1.66. The molecule has 0 radical (unpaired) electrons. The molecule has 0 aliphatic rings. The lowest BCUT2D eigenvalue weighted by Gasteiger charge is -2.06. The molecular formula is C10H14N2O. The molecule has 0 bridgehead atoms. The number of ether oxygens (including phenoxy) is 1. The molecule has 1 aromatic rings. The second kappa shape index (κ2) is 4.50. The fourth-order valence-corrected chi connectivity index (χ4v) is 0.964. The molecule has 13 heavy (non-hydrogen) atoms. The van der Waals surface area contributed by atoms with Gasteiger partial charge in [0.15, 0.2) is 0 Å². The van der Waals surface area contributed by atoms with Crippen molar-refractivity contribution in [3.8, 4) is 0 Å². The number of hydrogen-bond donors (Lipinski definition) is 1. The van der Waals surface area contributed by atoms with E-state index in [0.29, 0.717) is 12.4 Å². The van der Waals surface area contributed by atoms with Gasteiger partial charge in [-0.1, -0.05) is 6.58 Å². The first-order chi connectivity index (χ1) is 6.27. The van der Waals surface area contributed by atoms with Gasteiger partial charge in [-0.05, 0) is 19.1 Å². The molecule has 1 heterocycles. The zero-order chi connectivity index (χ0) is 9.68. The predicted octanol–water partition coefficient (Wildman–Crippen LogP) is 2.13. The van der Waals surface area contributed by atoms with Crippen LogP contribution in [0.2, 0.25) is 0 Å². The van der Waals surface area contributed by atoms with E-state index in [4.69, 9.17) is 4.74 Å². The van der Waals surface area contributed by atoms with Crippen molar-refractivity contribution in [3.63, 3.8) is 0 Å². The van der Waals surface area contributed by atoms with Crippen molar-refractivity contribution < 1.29 is 4.74 Å². The molecule has 1 aromatic heterocycles. The van der Waals surface area contributed by atoms with Gasteiger partial charge in [0, 0.05) is 18.8 Å². The van der Waals surface area contributed by atoms with E-state index in [9.17, 15) is 0 Å². The van der Waals surface area contributed by atoms with E-state index in [1.807, 2.05) is 26.1 Å². The van der Waals surface area contributed by atoms with Crippen molar-refractivity contribution in [2.75, 3.05) is 19.0 Å². The normalized spacial score (nSPS) is 9.38. The fraction of sp³-hybridized carbons (Fsp3) is 0.300. The molecule has 0 aliphatic carbocycles. The van der Waals surface area contributed by atoms with Crippen LogP contribution in [0, 0.1) is 0 Å². The van der Waals surface area contributed by atoms with Crippen LogP contribution in [-0.4, -0.2) is 18.6 Å². The standard InChI is InChI=1S/C10H14N2O/c1-4-13-8(2)9-5-6-10(11-3)12-7-9/h5-7H,2,4H2,1,3H3,(H,11,12). The van der Waals surface area contributed by atoms with Crippen LogP contribution in [0.5, 0.6) is 0 Å². The molecule has 1 N–H and O–H groups in total. The molecule has 70 valence electrons. The van der Waals surface area contributed by atoms with E-state index in [1.165, 1.54) is 0 Å². The highest BCUT2D eigenvalue weighted by atomic mass is 16.5. The minimum absolute atomic E-state index is 0.632. The molecule has 3 heteroatoms. The van der Waals surface area contributed by atoms with Crippen molar-refractivity contribution >= 4 is 11.6 Å². The molecule has 3 nitrogen and oxygen atoms in total. The zero-order valence-electron chi connectivity index (χ0n) is 8.00. The predicted molar refractivity (Wildman–Crippen MR) is 54.4 cm³/mol. The zero-order valence-corrected chi connectivity index (χ0v) is 8.00. The molecule has 0 saturated carbocycles. The summed E-state index contributed by atoms with van der Waals surface area (Å²) in [5.41, 5.74) is 0.917. The highest BCUT2D eigenvalue weighted by molar-refractivity contribution is 5.57. The number of nitrogens with one attached hydrogen (secondary N) is 1. The summed E-state index contributed by atoms with van der Waals surface area (Å²) in [7, 11) is 1.83. The van der Waals surface area contributed by atoms with Crippen molar-refractivity contribution in [1.29, 1.82) is 0 Å². The maximum Gasteiger partial charge on any atom is 0.125 e. The van der Waals surface area contributed by atoms with Crippen molar-refractivity contribution in [2.24, 2.45) is 0 Å². The lowest BCUT2D eigenvalue weighted by molar-refractivity contribution is 0.299. The van der Waals surface area contributed by atoms with Gasteiger partial charge in [-0.25, -0.2) is 4.98 Å².